The van der Waals surface area contributed by atoms with Crippen LogP contribution in [0, 0.1) is 11.8 Å². The first-order valence-corrected chi connectivity index (χ1v) is 6.67. The lowest BCUT2D eigenvalue weighted by atomic mass is 9.96. The smallest absolute Gasteiger partial charge is 0.410 e. The van der Waals surface area contributed by atoms with Crippen molar-refractivity contribution in [1.29, 1.82) is 0 Å². The van der Waals surface area contributed by atoms with Crippen LogP contribution >= 0.6 is 0 Å². The van der Waals surface area contributed by atoms with Crippen molar-refractivity contribution in [2.45, 2.75) is 39.5 Å². The predicted octanol–water partition coefficient (Wildman–Crippen LogP) is 2.59. The molecule has 2 atom stereocenters. The van der Waals surface area contributed by atoms with Crippen LogP contribution in [0.4, 0.5) is 18.0 Å². The second kappa shape index (κ2) is 6.11. The standard InChI is InChI=1S/C13H20F3NO4/c1-5-20-10(18)8-6-17(7-9(8)13(14,15)16)11(19)21-12(2,3)4/h8-9H,5-7H2,1-4H3/t8-,9+/m0/s1. The van der Waals surface area contributed by atoms with E-state index in [9.17, 15) is 22.8 Å². The van der Waals surface area contributed by atoms with E-state index in [4.69, 9.17) is 4.74 Å². The molecule has 5 nitrogen and oxygen atoms in total. The maximum atomic E-state index is 13.0. The van der Waals surface area contributed by atoms with Gasteiger partial charge in [0.2, 0.25) is 0 Å². The van der Waals surface area contributed by atoms with Crippen LogP contribution in [0.2, 0.25) is 0 Å². The van der Waals surface area contributed by atoms with Gasteiger partial charge < -0.3 is 14.4 Å². The van der Waals surface area contributed by atoms with Crippen LogP contribution in [0.15, 0.2) is 0 Å². The molecule has 8 heteroatoms. The van der Waals surface area contributed by atoms with E-state index in [1.165, 1.54) is 6.92 Å². The van der Waals surface area contributed by atoms with Crippen LogP contribution in [-0.2, 0) is 14.3 Å². The Morgan fingerprint density at radius 3 is 2.19 bits per heavy atom. The normalized spacial score (nSPS) is 23.1. The zero-order valence-corrected chi connectivity index (χ0v) is 12.5. The molecule has 0 saturated carbocycles. The molecule has 1 saturated heterocycles. The summed E-state index contributed by atoms with van der Waals surface area (Å²) in [5.41, 5.74) is -0.813. The fourth-order valence-corrected chi connectivity index (χ4v) is 2.10. The molecular formula is C13H20F3NO4. The molecule has 1 rings (SSSR count). The molecule has 0 aromatic rings. The quantitative estimate of drug-likeness (QED) is 0.736. The number of nitrogens with zero attached hydrogens (tertiary/aromatic N) is 1. The molecule has 0 radical (unpaired) electrons. The van der Waals surface area contributed by atoms with Gasteiger partial charge in [-0.05, 0) is 27.7 Å². The van der Waals surface area contributed by atoms with Gasteiger partial charge in [-0.15, -0.1) is 0 Å². The first kappa shape index (κ1) is 17.6. The highest BCUT2D eigenvalue weighted by molar-refractivity contribution is 5.76. The van der Waals surface area contributed by atoms with Crippen LogP contribution in [0.3, 0.4) is 0 Å². The van der Waals surface area contributed by atoms with Gasteiger partial charge >= 0.3 is 18.2 Å². The zero-order chi connectivity index (χ0) is 16.4. The number of rotatable bonds is 2. The van der Waals surface area contributed by atoms with Crippen molar-refractivity contribution in [1.82, 2.24) is 4.90 Å². The van der Waals surface area contributed by atoms with Crippen LogP contribution in [0.25, 0.3) is 0 Å². The summed E-state index contributed by atoms with van der Waals surface area (Å²) in [5.74, 6) is -4.27. The van der Waals surface area contributed by atoms with Crippen molar-refractivity contribution in [3.05, 3.63) is 0 Å². The van der Waals surface area contributed by atoms with Crippen molar-refractivity contribution < 1.29 is 32.2 Å². The molecule has 1 aliphatic heterocycles. The molecule has 0 N–H and O–H groups in total. The third kappa shape index (κ3) is 4.78. The molecule has 0 aromatic heterocycles. The van der Waals surface area contributed by atoms with E-state index in [1.54, 1.807) is 20.8 Å². The first-order chi connectivity index (χ1) is 9.45. The molecule has 0 bridgehead atoms. The highest BCUT2D eigenvalue weighted by Gasteiger charge is 2.54. The van der Waals surface area contributed by atoms with Gasteiger partial charge in [-0.3, -0.25) is 4.79 Å². The van der Waals surface area contributed by atoms with Crippen molar-refractivity contribution in [3.8, 4) is 0 Å². The number of hydrogen-bond acceptors (Lipinski definition) is 4. The summed E-state index contributed by atoms with van der Waals surface area (Å²) in [7, 11) is 0. The number of halogens is 3. The zero-order valence-electron chi connectivity index (χ0n) is 12.5. The molecule has 0 aromatic carbocycles. The average molecular weight is 311 g/mol. The number of alkyl halides is 3. The predicted molar refractivity (Wildman–Crippen MR) is 67.5 cm³/mol. The molecule has 1 aliphatic rings. The number of ether oxygens (including phenoxy) is 2. The summed E-state index contributed by atoms with van der Waals surface area (Å²) >= 11 is 0. The van der Waals surface area contributed by atoms with Gasteiger partial charge in [-0.25, -0.2) is 4.79 Å². The fourth-order valence-electron chi connectivity index (χ4n) is 2.10. The van der Waals surface area contributed by atoms with Crippen molar-refractivity contribution in [2.24, 2.45) is 11.8 Å². The van der Waals surface area contributed by atoms with E-state index < -0.39 is 42.2 Å². The molecule has 21 heavy (non-hydrogen) atoms. The topological polar surface area (TPSA) is 55.8 Å². The number of amides is 1. The van der Waals surface area contributed by atoms with E-state index in [0.29, 0.717) is 0 Å². The molecule has 1 heterocycles. The Kier molecular flexibility index (Phi) is 5.11. The maximum absolute atomic E-state index is 13.0. The summed E-state index contributed by atoms with van der Waals surface area (Å²) in [4.78, 5) is 24.4. The van der Waals surface area contributed by atoms with E-state index in [1.807, 2.05) is 0 Å². The molecule has 0 unspecified atom stereocenters. The summed E-state index contributed by atoms with van der Waals surface area (Å²) < 4.78 is 48.7. The summed E-state index contributed by atoms with van der Waals surface area (Å²) in [5, 5.41) is 0. The van der Waals surface area contributed by atoms with Gasteiger partial charge in [0.15, 0.2) is 0 Å². The SMILES string of the molecule is CCOC(=O)[C@H]1CN(C(=O)OC(C)(C)C)C[C@H]1C(F)(F)F. The third-order valence-electron chi connectivity index (χ3n) is 2.98. The van der Waals surface area contributed by atoms with Crippen LogP contribution in [0.5, 0.6) is 0 Å². The van der Waals surface area contributed by atoms with Crippen molar-refractivity contribution in [3.63, 3.8) is 0 Å². The molecular weight excluding hydrogens is 291 g/mol. The lowest BCUT2D eigenvalue weighted by Crippen LogP contribution is -2.36. The van der Waals surface area contributed by atoms with Crippen LogP contribution < -0.4 is 0 Å². The lowest BCUT2D eigenvalue weighted by molar-refractivity contribution is -0.190. The Hall–Kier alpha value is -1.47. The minimum Gasteiger partial charge on any atom is -0.466 e. The van der Waals surface area contributed by atoms with Gasteiger partial charge in [-0.2, -0.15) is 13.2 Å². The van der Waals surface area contributed by atoms with E-state index in [-0.39, 0.29) is 13.2 Å². The van der Waals surface area contributed by atoms with Crippen molar-refractivity contribution in [2.75, 3.05) is 19.7 Å². The largest absolute Gasteiger partial charge is 0.466 e. The third-order valence-corrected chi connectivity index (χ3v) is 2.98. The number of hydrogen-bond donors (Lipinski definition) is 0. The molecule has 0 aliphatic carbocycles. The van der Waals surface area contributed by atoms with Crippen molar-refractivity contribution >= 4 is 12.1 Å². The highest BCUT2D eigenvalue weighted by Crippen LogP contribution is 2.38. The Labute approximate surface area is 121 Å². The maximum Gasteiger partial charge on any atom is 0.410 e. The van der Waals surface area contributed by atoms with Gasteiger partial charge in [0.05, 0.1) is 18.4 Å². The van der Waals surface area contributed by atoms with Gasteiger partial charge in [0.1, 0.15) is 5.60 Å². The lowest BCUT2D eigenvalue weighted by Gasteiger charge is -2.24. The molecule has 122 valence electrons. The molecule has 1 fully saturated rings. The fraction of sp³-hybridized carbons (Fsp3) is 0.846. The number of carbonyl (C=O) groups excluding carboxylic acids is 2. The Morgan fingerprint density at radius 2 is 1.76 bits per heavy atom. The average Bonchev–Trinajstić information content (AvgIpc) is 2.71. The summed E-state index contributed by atoms with van der Waals surface area (Å²) in [6.45, 7) is 5.41. The Morgan fingerprint density at radius 1 is 1.19 bits per heavy atom. The number of carbonyl (C=O) groups is 2. The monoisotopic (exact) mass is 311 g/mol. The molecule has 0 spiro atoms. The second-order valence-corrected chi connectivity index (χ2v) is 5.89. The van der Waals surface area contributed by atoms with Gasteiger partial charge in [0.25, 0.3) is 0 Å². The minimum absolute atomic E-state index is 0.00759. The van der Waals surface area contributed by atoms with E-state index in [2.05, 4.69) is 4.74 Å². The van der Waals surface area contributed by atoms with Crippen LogP contribution in [0.1, 0.15) is 27.7 Å². The number of esters is 1. The summed E-state index contributed by atoms with van der Waals surface area (Å²) in [6.07, 6.45) is -5.43. The highest BCUT2D eigenvalue weighted by atomic mass is 19.4. The van der Waals surface area contributed by atoms with Crippen LogP contribution in [-0.4, -0.2) is 48.4 Å². The Bertz CT molecular complexity index is 403. The van der Waals surface area contributed by atoms with Gasteiger partial charge in [-0.1, -0.05) is 0 Å². The minimum atomic E-state index is -4.58. The Balaban J connectivity index is 2.85. The molecule has 1 amide bonds. The number of likely N-dealkylation sites (tertiary alicyclic amines) is 1. The first-order valence-electron chi connectivity index (χ1n) is 6.67. The summed E-state index contributed by atoms with van der Waals surface area (Å²) in [6, 6.07) is 0. The van der Waals surface area contributed by atoms with E-state index >= 15 is 0 Å². The second-order valence-electron chi connectivity index (χ2n) is 5.89. The van der Waals surface area contributed by atoms with E-state index in [0.717, 1.165) is 4.90 Å². The van der Waals surface area contributed by atoms with Gasteiger partial charge in [0, 0.05) is 13.1 Å².